The van der Waals surface area contributed by atoms with E-state index in [2.05, 4.69) is 5.32 Å². The molecule has 7 heteroatoms. The van der Waals surface area contributed by atoms with Gasteiger partial charge in [-0.25, -0.2) is 9.18 Å². The number of nitrogens with zero attached hydrogens (tertiary/aromatic N) is 1. The predicted octanol–water partition coefficient (Wildman–Crippen LogP) is 3.25. The molecule has 27 heavy (non-hydrogen) atoms. The molecule has 0 saturated carbocycles. The Morgan fingerprint density at radius 2 is 1.74 bits per heavy atom. The number of carbonyl (C=O) groups excluding carboxylic acids is 2. The van der Waals surface area contributed by atoms with Crippen LogP contribution in [0.2, 0.25) is 0 Å². The lowest BCUT2D eigenvalue weighted by Crippen LogP contribution is -2.52. The summed E-state index contributed by atoms with van der Waals surface area (Å²) in [5.74, 6) is 0.265. The van der Waals surface area contributed by atoms with Crippen LogP contribution >= 0.6 is 0 Å². The molecule has 2 bridgehead atoms. The summed E-state index contributed by atoms with van der Waals surface area (Å²) in [4.78, 5) is 26.2. The summed E-state index contributed by atoms with van der Waals surface area (Å²) >= 11 is 0. The molecular weight excluding hydrogens is 351 g/mol. The van der Waals surface area contributed by atoms with Crippen molar-refractivity contribution in [2.24, 2.45) is 0 Å². The van der Waals surface area contributed by atoms with E-state index in [1.165, 1.54) is 12.1 Å². The van der Waals surface area contributed by atoms with Crippen LogP contribution in [0.25, 0.3) is 0 Å². The molecule has 1 aromatic rings. The molecule has 0 radical (unpaired) electrons. The van der Waals surface area contributed by atoms with Crippen molar-refractivity contribution in [3.8, 4) is 5.75 Å². The number of rotatable bonds is 4. The third kappa shape index (κ3) is 5.11. The number of carbonyl (C=O) groups is 2. The normalized spacial score (nSPS) is 24.4. The van der Waals surface area contributed by atoms with Crippen molar-refractivity contribution in [3.63, 3.8) is 0 Å². The van der Waals surface area contributed by atoms with Gasteiger partial charge < -0.3 is 19.7 Å². The molecule has 148 valence electrons. The summed E-state index contributed by atoms with van der Waals surface area (Å²) in [6.07, 6.45) is 2.78. The van der Waals surface area contributed by atoms with Gasteiger partial charge in [-0.2, -0.15) is 0 Å². The molecule has 2 saturated heterocycles. The first-order valence-corrected chi connectivity index (χ1v) is 9.41. The number of fused-ring (bicyclic) bond motifs is 2. The summed E-state index contributed by atoms with van der Waals surface area (Å²) in [5.41, 5.74) is -0.595. The summed E-state index contributed by atoms with van der Waals surface area (Å²) in [6.45, 7) is 5.27. The van der Waals surface area contributed by atoms with E-state index in [1.807, 2.05) is 4.90 Å². The summed E-state index contributed by atoms with van der Waals surface area (Å²) in [6, 6.07) is 6.24. The highest BCUT2D eigenvalue weighted by molar-refractivity contribution is 5.83. The first kappa shape index (κ1) is 19.5. The molecule has 0 aliphatic carbocycles. The minimum absolute atomic E-state index is 0.0100. The molecule has 1 N–H and O–H groups in total. The number of halogens is 1. The standard InChI is InChI=1S/C20H27FN2O4/c1-20(2,3)27-19(25)22-12-18(24)23-14-6-7-15(23)11-17(10-14)26-16-8-4-13(21)5-9-16/h4-5,8-9,14-15,17H,6-7,10-12H2,1-3H3,(H,22,25). The van der Waals surface area contributed by atoms with Gasteiger partial charge in [0.2, 0.25) is 5.91 Å². The minimum atomic E-state index is -0.595. The van der Waals surface area contributed by atoms with Gasteiger partial charge in [0.15, 0.2) is 0 Å². The molecule has 0 spiro atoms. The lowest BCUT2D eigenvalue weighted by atomic mass is 9.99. The molecule has 6 nitrogen and oxygen atoms in total. The molecule has 0 aromatic heterocycles. The van der Waals surface area contributed by atoms with Crippen molar-refractivity contribution in [1.29, 1.82) is 0 Å². The molecular formula is C20H27FN2O4. The largest absolute Gasteiger partial charge is 0.490 e. The number of benzene rings is 1. The number of ether oxygens (including phenoxy) is 2. The van der Waals surface area contributed by atoms with E-state index < -0.39 is 11.7 Å². The maximum atomic E-state index is 13.0. The van der Waals surface area contributed by atoms with Crippen LogP contribution in [-0.4, -0.2) is 47.2 Å². The van der Waals surface area contributed by atoms with E-state index in [0.29, 0.717) is 5.75 Å². The summed E-state index contributed by atoms with van der Waals surface area (Å²) < 4.78 is 24.2. The molecule has 2 amide bonds. The van der Waals surface area contributed by atoms with E-state index in [-0.39, 0.29) is 36.5 Å². The Labute approximate surface area is 159 Å². The highest BCUT2D eigenvalue weighted by atomic mass is 19.1. The van der Waals surface area contributed by atoms with Crippen molar-refractivity contribution in [2.75, 3.05) is 6.54 Å². The Morgan fingerprint density at radius 1 is 1.15 bits per heavy atom. The van der Waals surface area contributed by atoms with E-state index in [1.54, 1.807) is 32.9 Å². The summed E-state index contributed by atoms with van der Waals surface area (Å²) in [7, 11) is 0. The van der Waals surface area contributed by atoms with E-state index >= 15 is 0 Å². The zero-order chi connectivity index (χ0) is 19.6. The van der Waals surface area contributed by atoms with Crippen molar-refractivity contribution >= 4 is 12.0 Å². The van der Waals surface area contributed by atoms with Crippen LogP contribution in [0.15, 0.2) is 24.3 Å². The number of alkyl carbamates (subject to hydrolysis) is 1. The number of hydrogen-bond donors (Lipinski definition) is 1. The lowest BCUT2D eigenvalue weighted by molar-refractivity contribution is -0.136. The van der Waals surface area contributed by atoms with Gasteiger partial charge in [-0.1, -0.05) is 0 Å². The topological polar surface area (TPSA) is 67.9 Å². The van der Waals surface area contributed by atoms with E-state index in [4.69, 9.17) is 9.47 Å². The second-order valence-electron chi connectivity index (χ2n) is 8.21. The fourth-order valence-corrected chi connectivity index (χ4v) is 3.89. The second-order valence-corrected chi connectivity index (χ2v) is 8.21. The SMILES string of the molecule is CC(C)(C)OC(=O)NCC(=O)N1C2CCC1CC(Oc1ccc(F)cc1)C2. The molecule has 2 unspecified atom stereocenters. The fourth-order valence-electron chi connectivity index (χ4n) is 3.89. The number of hydrogen-bond acceptors (Lipinski definition) is 4. The number of nitrogens with one attached hydrogen (secondary N) is 1. The molecule has 3 rings (SSSR count). The van der Waals surface area contributed by atoms with Crippen LogP contribution in [0.3, 0.4) is 0 Å². The van der Waals surface area contributed by atoms with Crippen LogP contribution < -0.4 is 10.1 Å². The Balaban J connectivity index is 1.52. The molecule has 2 heterocycles. The van der Waals surface area contributed by atoms with Gasteiger partial charge in [-0.15, -0.1) is 0 Å². The van der Waals surface area contributed by atoms with E-state index in [0.717, 1.165) is 25.7 Å². The van der Waals surface area contributed by atoms with Crippen LogP contribution in [0.1, 0.15) is 46.5 Å². The van der Waals surface area contributed by atoms with E-state index in [9.17, 15) is 14.0 Å². The van der Waals surface area contributed by atoms with Gasteiger partial charge >= 0.3 is 6.09 Å². The van der Waals surface area contributed by atoms with Crippen molar-refractivity contribution in [3.05, 3.63) is 30.1 Å². The second kappa shape index (κ2) is 7.74. The van der Waals surface area contributed by atoms with Gasteiger partial charge in [0.1, 0.15) is 29.8 Å². The van der Waals surface area contributed by atoms with Gasteiger partial charge in [-0.3, -0.25) is 4.79 Å². The van der Waals surface area contributed by atoms with Crippen LogP contribution in [0.5, 0.6) is 5.75 Å². The Bertz CT molecular complexity index is 672. The highest BCUT2D eigenvalue weighted by Crippen LogP contribution is 2.37. The minimum Gasteiger partial charge on any atom is -0.490 e. The monoisotopic (exact) mass is 378 g/mol. The Morgan fingerprint density at radius 3 is 2.30 bits per heavy atom. The van der Waals surface area contributed by atoms with Gasteiger partial charge in [-0.05, 0) is 57.9 Å². The molecule has 2 fully saturated rings. The van der Waals surface area contributed by atoms with Crippen LogP contribution in [-0.2, 0) is 9.53 Å². The Kier molecular flexibility index (Phi) is 5.58. The average molecular weight is 378 g/mol. The highest BCUT2D eigenvalue weighted by Gasteiger charge is 2.43. The van der Waals surface area contributed by atoms with Crippen molar-refractivity contribution in [2.45, 2.75) is 70.2 Å². The zero-order valence-electron chi connectivity index (χ0n) is 16.0. The van der Waals surface area contributed by atoms with Gasteiger partial charge in [0.05, 0.1) is 0 Å². The zero-order valence-corrected chi connectivity index (χ0v) is 16.0. The molecule has 2 atom stereocenters. The third-order valence-electron chi connectivity index (χ3n) is 4.88. The van der Waals surface area contributed by atoms with Crippen LogP contribution in [0.4, 0.5) is 9.18 Å². The molecule has 1 aromatic carbocycles. The number of amides is 2. The maximum absolute atomic E-state index is 13.0. The first-order chi connectivity index (χ1) is 12.7. The van der Waals surface area contributed by atoms with Crippen LogP contribution in [0, 0.1) is 5.82 Å². The summed E-state index contributed by atoms with van der Waals surface area (Å²) in [5, 5.41) is 2.54. The average Bonchev–Trinajstić information content (AvgIpc) is 2.84. The fraction of sp³-hybridized carbons (Fsp3) is 0.600. The first-order valence-electron chi connectivity index (χ1n) is 9.41. The lowest BCUT2D eigenvalue weighted by Gasteiger charge is -2.39. The predicted molar refractivity (Wildman–Crippen MR) is 97.9 cm³/mol. The van der Waals surface area contributed by atoms with Gasteiger partial charge in [0, 0.05) is 24.9 Å². The Hall–Kier alpha value is -2.31. The van der Waals surface area contributed by atoms with Crippen molar-refractivity contribution < 1.29 is 23.5 Å². The molecule has 2 aliphatic rings. The van der Waals surface area contributed by atoms with Crippen molar-refractivity contribution in [1.82, 2.24) is 10.2 Å². The van der Waals surface area contributed by atoms with Gasteiger partial charge in [0.25, 0.3) is 0 Å². The smallest absolute Gasteiger partial charge is 0.408 e. The maximum Gasteiger partial charge on any atom is 0.408 e. The third-order valence-corrected chi connectivity index (χ3v) is 4.88. The quantitative estimate of drug-likeness (QED) is 0.873. The number of piperidine rings is 1. The molecule has 2 aliphatic heterocycles.